The number of methoxy groups -OCH3 is 1. The lowest BCUT2D eigenvalue weighted by Crippen LogP contribution is -2.16. The van der Waals surface area contributed by atoms with E-state index in [1.54, 1.807) is 55.5 Å². The first-order valence-corrected chi connectivity index (χ1v) is 10.3. The van der Waals surface area contributed by atoms with Gasteiger partial charge in [-0.05, 0) is 55.8 Å². The molecule has 0 aliphatic rings. The van der Waals surface area contributed by atoms with Crippen LogP contribution in [0.25, 0.3) is 0 Å². The Hall–Kier alpha value is -3.39. The lowest BCUT2D eigenvalue weighted by atomic mass is 10.2. The highest BCUT2D eigenvalue weighted by molar-refractivity contribution is 7.92. The minimum Gasteiger partial charge on any atom is -0.495 e. The van der Waals surface area contributed by atoms with Crippen molar-refractivity contribution >= 4 is 27.3 Å². The molecular formula is C21H21N3O4S. The molecule has 0 radical (unpaired) electrons. The van der Waals surface area contributed by atoms with Crippen LogP contribution in [0.3, 0.4) is 0 Å². The van der Waals surface area contributed by atoms with Crippen LogP contribution in [0.15, 0.2) is 65.7 Å². The molecule has 8 heteroatoms. The van der Waals surface area contributed by atoms with Crippen molar-refractivity contribution in [2.45, 2.75) is 18.7 Å². The van der Waals surface area contributed by atoms with Crippen molar-refractivity contribution < 1.29 is 17.9 Å². The van der Waals surface area contributed by atoms with E-state index in [0.717, 1.165) is 5.69 Å². The maximum Gasteiger partial charge on any atom is 0.262 e. The number of ether oxygens (including phenoxy) is 1. The number of carbonyl (C=O) groups excluding carboxylic acids is 1. The number of hydrogen-bond donors (Lipinski definition) is 2. The second-order valence-corrected chi connectivity index (χ2v) is 8.08. The zero-order chi connectivity index (χ0) is 21.0. The summed E-state index contributed by atoms with van der Waals surface area (Å²) in [7, 11) is -2.43. The minimum absolute atomic E-state index is 0.0586. The van der Waals surface area contributed by atoms with Gasteiger partial charge in [0.05, 0.1) is 23.3 Å². The monoisotopic (exact) mass is 411 g/mol. The molecule has 0 atom stereocenters. The van der Waals surface area contributed by atoms with Crippen molar-refractivity contribution in [2.75, 3.05) is 17.1 Å². The summed E-state index contributed by atoms with van der Waals surface area (Å²) >= 11 is 0. The number of rotatable bonds is 6. The van der Waals surface area contributed by atoms with Gasteiger partial charge in [0.15, 0.2) is 0 Å². The number of para-hydroxylation sites is 2. The molecule has 0 unspecified atom stereocenters. The second kappa shape index (κ2) is 8.32. The van der Waals surface area contributed by atoms with E-state index in [0.29, 0.717) is 28.3 Å². The number of benzene rings is 2. The topological polar surface area (TPSA) is 97.4 Å². The van der Waals surface area contributed by atoms with Gasteiger partial charge < -0.3 is 10.1 Å². The molecule has 1 aromatic heterocycles. The highest BCUT2D eigenvalue weighted by atomic mass is 32.2. The summed E-state index contributed by atoms with van der Waals surface area (Å²) in [6.07, 6.45) is 1.47. The quantitative estimate of drug-likeness (QED) is 0.644. The van der Waals surface area contributed by atoms with Crippen LogP contribution < -0.4 is 14.8 Å². The zero-order valence-corrected chi connectivity index (χ0v) is 17.1. The lowest BCUT2D eigenvalue weighted by Gasteiger charge is -2.14. The predicted molar refractivity (Wildman–Crippen MR) is 112 cm³/mol. The van der Waals surface area contributed by atoms with Crippen LogP contribution in [0, 0.1) is 13.8 Å². The molecule has 3 aromatic rings. The van der Waals surface area contributed by atoms with Crippen LogP contribution in [0.4, 0.5) is 11.4 Å². The number of anilines is 2. The van der Waals surface area contributed by atoms with Crippen LogP contribution >= 0.6 is 0 Å². The van der Waals surface area contributed by atoms with Crippen molar-refractivity contribution in [2.24, 2.45) is 0 Å². The van der Waals surface area contributed by atoms with E-state index in [4.69, 9.17) is 4.74 Å². The number of nitrogens with one attached hydrogen (secondary N) is 2. The summed E-state index contributed by atoms with van der Waals surface area (Å²) in [6.45, 7) is 3.51. The molecule has 7 nitrogen and oxygen atoms in total. The molecule has 150 valence electrons. The number of aromatic nitrogens is 1. The van der Waals surface area contributed by atoms with Crippen molar-refractivity contribution in [3.8, 4) is 5.75 Å². The Morgan fingerprint density at radius 3 is 2.48 bits per heavy atom. The molecule has 0 aliphatic heterocycles. The van der Waals surface area contributed by atoms with Gasteiger partial charge in [-0.25, -0.2) is 8.42 Å². The SMILES string of the molecule is COc1ccccc1NS(=O)(=O)c1cc(NC(=O)c2ccc(C)nc2)ccc1C. The van der Waals surface area contributed by atoms with Gasteiger partial charge in [-0.15, -0.1) is 0 Å². The number of pyridine rings is 1. The van der Waals surface area contributed by atoms with E-state index < -0.39 is 10.0 Å². The summed E-state index contributed by atoms with van der Waals surface area (Å²) in [5.41, 5.74) is 2.42. The van der Waals surface area contributed by atoms with Crippen LogP contribution in [0.1, 0.15) is 21.6 Å². The van der Waals surface area contributed by atoms with E-state index >= 15 is 0 Å². The van der Waals surface area contributed by atoms with Crippen molar-refractivity contribution in [1.29, 1.82) is 0 Å². The number of nitrogens with zero attached hydrogens (tertiary/aromatic N) is 1. The van der Waals surface area contributed by atoms with Gasteiger partial charge >= 0.3 is 0 Å². The molecule has 0 bridgehead atoms. The fourth-order valence-electron chi connectivity index (χ4n) is 2.70. The average Bonchev–Trinajstić information content (AvgIpc) is 2.70. The third kappa shape index (κ3) is 4.72. The summed E-state index contributed by atoms with van der Waals surface area (Å²) in [5, 5.41) is 2.71. The number of carbonyl (C=O) groups is 1. The Balaban J connectivity index is 1.88. The number of hydrogen-bond acceptors (Lipinski definition) is 5. The fourth-order valence-corrected chi connectivity index (χ4v) is 4.04. The first-order valence-electron chi connectivity index (χ1n) is 8.80. The molecule has 3 rings (SSSR count). The van der Waals surface area contributed by atoms with Gasteiger partial charge in [0.25, 0.3) is 15.9 Å². The predicted octanol–water partition coefficient (Wildman–Crippen LogP) is 3.76. The molecule has 0 aliphatic carbocycles. The van der Waals surface area contributed by atoms with E-state index in [-0.39, 0.29) is 10.8 Å². The number of amides is 1. The maximum atomic E-state index is 12.9. The Morgan fingerprint density at radius 1 is 1.03 bits per heavy atom. The van der Waals surface area contributed by atoms with Gasteiger partial charge in [-0.1, -0.05) is 18.2 Å². The number of sulfonamides is 1. The normalized spacial score (nSPS) is 11.0. The van der Waals surface area contributed by atoms with Gasteiger partial charge in [0.1, 0.15) is 5.75 Å². The number of aryl methyl sites for hydroxylation is 2. The molecule has 2 aromatic carbocycles. The second-order valence-electron chi connectivity index (χ2n) is 6.43. The zero-order valence-electron chi connectivity index (χ0n) is 16.3. The Kier molecular flexibility index (Phi) is 5.84. The van der Waals surface area contributed by atoms with Crippen LogP contribution in [0.2, 0.25) is 0 Å². The molecular weight excluding hydrogens is 390 g/mol. The van der Waals surface area contributed by atoms with Crippen molar-refractivity contribution in [1.82, 2.24) is 4.98 Å². The largest absolute Gasteiger partial charge is 0.495 e. The van der Waals surface area contributed by atoms with Gasteiger partial charge in [0.2, 0.25) is 0 Å². The molecule has 0 spiro atoms. The third-order valence-corrected chi connectivity index (χ3v) is 5.77. The Morgan fingerprint density at radius 2 is 1.79 bits per heavy atom. The Bertz CT molecular complexity index is 1140. The summed E-state index contributed by atoms with van der Waals surface area (Å²) in [5.74, 6) is 0.0347. The first kappa shape index (κ1) is 20.3. The highest BCUT2D eigenvalue weighted by Gasteiger charge is 2.20. The van der Waals surface area contributed by atoms with E-state index in [1.165, 1.54) is 19.4 Å². The van der Waals surface area contributed by atoms with E-state index in [1.807, 2.05) is 6.92 Å². The lowest BCUT2D eigenvalue weighted by molar-refractivity contribution is 0.102. The van der Waals surface area contributed by atoms with E-state index in [2.05, 4.69) is 15.0 Å². The van der Waals surface area contributed by atoms with Crippen molar-refractivity contribution in [3.05, 3.63) is 77.6 Å². The average molecular weight is 411 g/mol. The smallest absolute Gasteiger partial charge is 0.262 e. The molecule has 1 heterocycles. The van der Waals surface area contributed by atoms with E-state index in [9.17, 15) is 13.2 Å². The molecule has 2 N–H and O–H groups in total. The molecule has 0 saturated heterocycles. The van der Waals surface area contributed by atoms with Gasteiger partial charge in [-0.2, -0.15) is 0 Å². The summed E-state index contributed by atoms with van der Waals surface area (Å²) in [4.78, 5) is 16.6. The van der Waals surface area contributed by atoms with Crippen LogP contribution in [-0.2, 0) is 10.0 Å². The fraction of sp³-hybridized carbons (Fsp3) is 0.143. The molecule has 29 heavy (non-hydrogen) atoms. The van der Waals surface area contributed by atoms with Crippen molar-refractivity contribution in [3.63, 3.8) is 0 Å². The Labute approximate surface area is 169 Å². The molecule has 0 saturated carbocycles. The van der Waals surface area contributed by atoms with Gasteiger partial charge in [-0.3, -0.25) is 14.5 Å². The molecule has 1 amide bonds. The summed E-state index contributed by atoms with van der Waals surface area (Å²) < 4.78 is 33.6. The maximum absolute atomic E-state index is 12.9. The third-order valence-electron chi connectivity index (χ3n) is 4.26. The van der Waals surface area contributed by atoms with Crippen LogP contribution in [-0.4, -0.2) is 26.4 Å². The highest BCUT2D eigenvalue weighted by Crippen LogP contribution is 2.28. The minimum atomic E-state index is -3.90. The van der Waals surface area contributed by atoms with Crippen LogP contribution in [0.5, 0.6) is 5.75 Å². The first-order chi connectivity index (χ1) is 13.8. The molecule has 0 fully saturated rings. The van der Waals surface area contributed by atoms with Gasteiger partial charge in [0, 0.05) is 17.6 Å². The standard InChI is InChI=1S/C21H21N3O4S/c1-14-8-11-17(23-21(25)16-10-9-15(2)22-13-16)12-20(14)29(26,27)24-18-6-4-5-7-19(18)28-3/h4-13,24H,1-3H3,(H,23,25). The summed E-state index contributed by atoms with van der Waals surface area (Å²) in [6, 6.07) is 14.8.